The van der Waals surface area contributed by atoms with Crippen LogP contribution in [0.25, 0.3) is 0 Å². The van der Waals surface area contributed by atoms with E-state index in [-0.39, 0.29) is 5.92 Å². The Bertz CT molecular complexity index is 384. The number of nitrogens with one attached hydrogen (secondary N) is 1. The van der Waals surface area contributed by atoms with Crippen LogP contribution in [-0.4, -0.2) is 51.3 Å². The highest BCUT2D eigenvalue weighted by molar-refractivity contribution is 7.88. The van der Waals surface area contributed by atoms with Crippen molar-refractivity contribution in [2.24, 2.45) is 5.92 Å². The third kappa shape index (κ3) is 6.09. The van der Waals surface area contributed by atoms with Crippen molar-refractivity contribution < 1.29 is 21.6 Å². The summed E-state index contributed by atoms with van der Waals surface area (Å²) in [6.07, 6.45) is -2.09. The van der Waals surface area contributed by atoms with Crippen LogP contribution in [0.1, 0.15) is 25.7 Å². The van der Waals surface area contributed by atoms with E-state index in [1.807, 2.05) is 0 Å². The number of alkyl halides is 3. The molecule has 0 aromatic carbocycles. The maximum absolute atomic E-state index is 12.4. The molecule has 19 heavy (non-hydrogen) atoms. The normalized spacial score (nSPS) is 24.4. The molecule has 1 aliphatic heterocycles. The molecule has 1 heterocycles. The molecule has 0 aromatic rings. The van der Waals surface area contributed by atoms with Gasteiger partial charge in [-0.25, -0.2) is 12.7 Å². The summed E-state index contributed by atoms with van der Waals surface area (Å²) in [5, 5.41) is 2.67. The van der Waals surface area contributed by atoms with E-state index in [1.165, 1.54) is 11.4 Å². The van der Waals surface area contributed by atoms with Gasteiger partial charge < -0.3 is 5.32 Å². The van der Waals surface area contributed by atoms with Crippen LogP contribution in [0.4, 0.5) is 13.2 Å². The molecule has 0 radical (unpaired) electrons. The van der Waals surface area contributed by atoms with Crippen LogP contribution in [0.2, 0.25) is 0 Å². The first-order chi connectivity index (χ1) is 8.62. The Balaban J connectivity index is 2.56. The van der Waals surface area contributed by atoms with Crippen molar-refractivity contribution in [3.8, 4) is 0 Å². The van der Waals surface area contributed by atoms with Crippen molar-refractivity contribution in [3.05, 3.63) is 0 Å². The monoisotopic (exact) mass is 302 g/mol. The molecule has 1 rings (SSSR count). The summed E-state index contributed by atoms with van der Waals surface area (Å²) in [5.41, 5.74) is 0. The third-order valence-electron chi connectivity index (χ3n) is 3.45. The zero-order valence-corrected chi connectivity index (χ0v) is 12.0. The summed E-state index contributed by atoms with van der Waals surface area (Å²) >= 11 is 0. The van der Waals surface area contributed by atoms with Crippen molar-refractivity contribution in [1.29, 1.82) is 0 Å². The summed E-state index contributed by atoms with van der Waals surface area (Å²) < 4.78 is 61.4. The second kappa shape index (κ2) is 6.41. The van der Waals surface area contributed by atoms with Gasteiger partial charge in [0.15, 0.2) is 0 Å². The molecule has 114 valence electrons. The van der Waals surface area contributed by atoms with E-state index in [0.29, 0.717) is 25.9 Å². The predicted molar refractivity (Wildman–Crippen MR) is 67.3 cm³/mol. The molecule has 0 spiro atoms. The molecule has 2 unspecified atom stereocenters. The Kier molecular flexibility index (Phi) is 5.64. The predicted octanol–water partition coefficient (Wildman–Crippen LogP) is 1.59. The van der Waals surface area contributed by atoms with Crippen LogP contribution in [0.15, 0.2) is 0 Å². The van der Waals surface area contributed by atoms with Crippen molar-refractivity contribution in [1.82, 2.24) is 9.62 Å². The first-order valence-corrected chi connectivity index (χ1v) is 8.16. The van der Waals surface area contributed by atoms with Crippen LogP contribution in [0.5, 0.6) is 0 Å². The Hall–Kier alpha value is -0.340. The lowest BCUT2D eigenvalue weighted by atomic mass is 9.91. The Morgan fingerprint density at radius 3 is 2.53 bits per heavy atom. The van der Waals surface area contributed by atoms with Gasteiger partial charge in [-0.15, -0.1) is 0 Å². The second-order valence-electron chi connectivity index (χ2n) is 5.17. The molecule has 1 saturated heterocycles. The third-order valence-corrected chi connectivity index (χ3v) is 4.72. The Labute approximate surface area is 112 Å². The number of nitrogens with zero attached hydrogens (tertiary/aromatic N) is 1. The fourth-order valence-electron chi connectivity index (χ4n) is 2.51. The number of sulfonamides is 1. The van der Waals surface area contributed by atoms with Gasteiger partial charge in [-0.2, -0.15) is 13.2 Å². The summed E-state index contributed by atoms with van der Waals surface area (Å²) in [6.45, 7) is 0.799. The van der Waals surface area contributed by atoms with Crippen LogP contribution in [-0.2, 0) is 10.0 Å². The van der Waals surface area contributed by atoms with E-state index in [9.17, 15) is 21.6 Å². The molecule has 0 aliphatic carbocycles. The number of halogens is 3. The Morgan fingerprint density at radius 2 is 2.05 bits per heavy atom. The van der Waals surface area contributed by atoms with Crippen molar-refractivity contribution >= 4 is 10.0 Å². The SMILES string of the molecule is CNC(CC1CCCN(S(C)(=O)=O)C1)CC(F)(F)F. The van der Waals surface area contributed by atoms with Gasteiger partial charge in [0, 0.05) is 19.1 Å². The second-order valence-corrected chi connectivity index (χ2v) is 7.15. The minimum Gasteiger partial charge on any atom is -0.317 e. The highest BCUT2D eigenvalue weighted by Gasteiger charge is 2.34. The largest absolute Gasteiger partial charge is 0.390 e. The lowest BCUT2D eigenvalue weighted by Gasteiger charge is -2.33. The van der Waals surface area contributed by atoms with Crippen molar-refractivity contribution in [2.75, 3.05) is 26.4 Å². The van der Waals surface area contributed by atoms with E-state index in [2.05, 4.69) is 5.32 Å². The summed E-state index contributed by atoms with van der Waals surface area (Å²) in [4.78, 5) is 0. The molecule has 0 bridgehead atoms. The lowest BCUT2D eigenvalue weighted by Crippen LogP contribution is -2.42. The molecule has 8 heteroatoms. The summed E-state index contributed by atoms with van der Waals surface area (Å²) in [6, 6.07) is -0.649. The minimum atomic E-state index is -4.20. The standard InChI is InChI=1S/C11H21F3N2O2S/c1-15-10(7-11(12,13)14)6-9-4-3-5-16(8-9)19(2,17)18/h9-10,15H,3-8H2,1-2H3. The summed E-state index contributed by atoms with van der Waals surface area (Å²) in [7, 11) is -1.74. The van der Waals surface area contributed by atoms with Crippen LogP contribution in [0, 0.1) is 5.92 Å². The van der Waals surface area contributed by atoms with Crippen molar-refractivity contribution in [3.63, 3.8) is 0 Å². The van der Waals surface area contributed by atoms with Crippen LogP contribution >= 0.6 is 0 Å². The number of rotatable bonds is 5. The molecule has 0 saturated carbocycles. The van der Waals surface area contributed by atoms with Gasteiger partial charge in [-0.1, -0.05) is 0 Å². The molecule has 1 fully saturated rings. The molecule has 2 atom stereocenters. The highest BCUT2D eigenvalue weighted by Crippen LogP contribution is 2.28. The molecule has 1 N–H and O–H groups in total. The fourth-order valence-corrected chi connectivity index (χ4v) is 3.45. The smallest absolute Gasteiger partial charge is 0.317 e. The Morgan fingerprint density at radius 1 is 1.42 bits per heavy atom. The highest BCUT2D eigenvalue weighted by atomic mass is 32.2. The zero-order valence-electron chi connectivity index (χ0n) is 11.2. The molecule has 1 aliphatic rings. The van der Waals surface area contributed by atoms with Gasteiger partial charge in [0.25, 0.3) is 0 Å². The number of hydrogen-bond acceptors (Lipinski definition) is 3. The van der Waals surface area contributed by atoms with Crippen molar-refractivity contribution in [2.45, 2.75) is 37.9 Å². The summed E-state index contributed by atoms with van der Waals surface area (Å²) in [5.74, 6) is -0.0109. The van der Waals surface area contributed by atoms with E-state index < -0.39 is 28.7 Å². The maximum atomic E-state index is 12.4. The van der Waals surface area contributed by atoms with Gasteiger partial charge in [0.1, 0.15) is 0 Å². The maximum Gasteiger partial charge on any atom is 0.390 e. The van der Waals surface area contributed by atoms with Gasteiger partial charge in [0.2, 0.25) is 10.0 Å². The average molecular weight is 302 g/mol. The fraction of sp³-hybridized carbons (Fsp3) is 1.00. The molecular weight excluding hydrogens is 281 g/mol. The zero-order chi connectivity index (χ0) is 14.7. The van der Waals surface area contributed by atoms with Crippen LogP contribution < -0.4 is 5.32 Å². The van der Waals surface area contributed by atoms with Gasteiger partial charge in [-0.3, -0.25) is 0 Å². The first kappa shape index (κ1) is 16.7. The van der Waals surface area contributed by atoms with E-state index in [0.717, 1.165) is 12.7 Å². The molecule has 4 nitrogen and oxygen atoms in total. The minimum absolute atomic E-state index is 0.0109. The molecule has 0 amide bonds. The molecular formula is C11H21F3N2O2S. The van der Waals surface area contributed by atoms with E-state index in [1.54, 1.807) is 0 Å². The van der Waals surface area contributed by atoms with Crippen LogP contribution in [0.3, 0.4) is 0 Å². The quantitative estimate of drug-likeness (QED) is 0.839. The number of hydrogen-bond donors (Lipinski definition) is 1. The average Bonchev–Trinajstić information content (AvgIpc) is 2.25. The lowest BCUT2D eigenvalue weighted by molar-refractivity contribution is -0.140. The number of piperidine rings is 1. The van der Waals surface area contributed by atoms with Gasteiger partial charge >= 0.3 is 6.18 Å². The van der Waals surface area contributed by atoms with Gasteiger partial charge in [0.05, 0.1) is 12.7 Å². The molecule has 0 aromatic heterocycles. The topological polar surface area (TPSA) is 49.4 Å². The van der Waals surface area contributed by atoms with E-state index in [4.69, 9.17) is 0 Å². The van der Waals surface area contributed by atoms with E-state index >= 15 is 0 Å². The van der Waals surface area contributed by atoms with Gasteiger partial charge in [-0.05, 0) is 32.2 Å². The first-order valence-electron chi connectivity index (χ1n) is 6.31.